The third kappa shape index (κ3) is 6.03. The van der Waals surface area contributed by atoms with Crippen molar-refractivity contribution in [2.24, 2.45) is 0 Å². The number of halogens is 2. The van der Waals surface area contributed by atoms with Crippen LogP contribution in [0.25, 0.3) is 0 Å². The lowest BCUT2D eigenvalue weighted by Crippen LogP contribution is -2.49. The molecule has 0 unspecified atom stereocenters. The number of esters is 1. The van der Waals surface area contributed by atoms with Gasteiger partial charge in [-0.1, -0.05) is 48.0 Å². The molecule has 7 heteroatoms. The lowest BCUT2D eigenvalue weighted by Gasteiger charge is -2.36. The largest absolute Gasteiger partial charge is 0.460 e. The Balaban J connectivity index is 1.40. The Bertz CT molecular complexity index is 883. The van der Waals surface area contributed by atoms with Crippen LogP contribution in [0.3, 0.4) is 0 Å². The number of rotatable bonds is 7. The zero-order valence-electron chi connectivity index (χ0n) is 17.0. The molecule has 5 nitrogen and oxygen atoms in total. The number of likely N-dealkylation sites (tertiary alicyclic amines) is 1. The molecular weight excluding hydrogens is 407 g/mol. The number of amides is 1. The molecule has 0 aliphatic carbocycles. The summed E-state index contributed by atoms with van der Waals surface area (Å²) in [4.78, 5) is 26.1. The minimum absolute atomic E-state index is 0.0474. The first-order chi connectivity index (χ1) is 14.4. The molecule has 0 aromatic heterocycles. The number of carbonyl (C=O) groups is 2. The molecule has 1 aliphatic rings. The number of hydrogen-bond donors (Lipinski definition) is 1. The van der Waals surface area contributed by atoms with Gasteiger partial charge in [0.1, 0.15) is 12.3 Å². The smallest absolute Gasteiger partial charge is 0.320 e. The maximum absolute atomic E-state index is 15.1. The molecule has 30 heavy (non-hydrogen) atoms. The summed E-state index contributed by atoms with van der Waals surface area (Å²) in [6.07, 6.45) is 0.425. The van der Waals surface area contributed by atoms with Gasteiger partial charge in [0.25, 0.3) is 5.91 Å². The Morgan fingerprint density at radius 3 is 2.53 bits per heavy atom. The summed E-state index contributed by atoms with van der Waals surface area (Å²) in [5, 5.41) is 3.39. The van der Waals surface area contributed by atoms with Gasteiger partial charge in [0.2, 0.25) is 0 Å². The van der Waals surface area contributed by atoms with E-state index in [-0.39, 0.29) is 38.4 Å². The summed E-state index contributed by atoms with van der Waals surface area (Å²) >= 11 is 6.11. The van der Waals surface area contributed by atoms with Crippen LogP contribution in [0.4, 0.5) is 4.39 Å². The van der Waals surface area contributed by atoms with Crippen LogP contribution in [0.2, 0.25) is 5.02 Å². The van der Waals surface area contributed by atoms with Crippen LogP contribution >= 0.6 is 11.6 Å². The molecule has 0 spiro atoms. The quantitative estimate of drug-likeness (QED) is 0.673. The first-order valence-corrected chi connectivity index (χ1v) is 10.4. The molecule has 0 saturated carbocycles. The van der Waals surface area contributed by atoms with E-state index in [1.165, 1.54) is 0 Å². The minimum Gasteiger partial charge on any atom is -0.460 e. The Morgan fingerprint density at radius 1 is 1.17 bits per heavy atom. The highest BCUT2D eigenvalue weighted by Gasteiger charge is 2.36. The van der Waals surface area contributed by atoms with E-state index in [0.717, 1.165) is 11.1 Å². The van der Waals surface area contributed by atoms with E-state index in [0.29, 0.717) is 23.7 Å². The van der Waals surface area contributed by atoms with Gasteiger partial charge in [0, 0.05) is 43.1 Å². The Labute approximate surface area is 181 Å². The van der Waals surface area contributed by atoms with E-state index in [1.54, 1.807) is 23.1 Å². The maximum atomic E-state index is 15.1. The fourth-order valence-electron chi connectivity index (χ4n) is 3.37. The van der Waals surface area contributed by atoms with E-state index < -0.39 is 11.6 Å². The van der Waals surface area contributed by atoms with Crippen molar-refractivity contribution in [2.45, 2.75) is 32.0 Å². The fourth-order valence-corrected chi connectivity index (χ4v) is 3.55. The molecule has 1 heterocycles. The first kappa shape index (κ1) is 22.2. The topological polar surface area (TPSA) is 58.6 Å². The van der Waals surface area contributed by atoms with Gasteiger partial charge in [-0.25, -0.2) is 4.39 Å². The van der Waals surface area contributed by atoms with E-state index in [2.05, 4.69) is 5.32 Å². The average molecular weight is 433 g/mol. The van der Waals surface area contributed by atoms with Gasteiger partial charge >= 0.3 is 5.97 Å². The molecule has 3 rings (SSSR count). The highest BCUT2D eigenvalue weighted by molar-refractivity contribution is 6.31. The second-order valence-corrected chi connectivity index (χ2v) is 8.06. The predicted octanol–water partition coefficient (Wildman–Crippen LogP) is 3.93. The second-order valence-electron chi connectivity index (χ2n) is 7.66. The lowest BCUT2D eigenvalue weighted by molar-refractivity contribution is -0.143. The van der Waals surface area contributed by atoms with E-state index in [9.17, 15) is 9.59 Å². The van der Waals surface area contributed by atoms with Crippen molar-refractivity contribution in [1.29, 1.82) is 0 Å². The number of piperidine rings is 1. The van der Waals surface area contributed by atoms with Gasteiger partial charge < -0.3 is 15.0 Å². The van der Waals surface area contributed by atoms with E-state index in [4.69, 9.17) is 16.3 Å². The van der Waals surface area contributed by atoms with E-state index >= 15 is 4.39 Å². The lowest BCUT2D eigenvalue weighted by atomic mass is 9.92. The molecule has 1 aliphatic heterocycles. The molecule has 1 saturated heterocycles. The molecular formula is C23H26ClFN2O3. The van der Waals surface area contributed by atoms with Crippen LogP contribution in [0.5, 0.6) is 0 Å². The molecule has 0 radical (unpaired) electrons. The number of nitrogens with one attached hydrogen (secondary N) is 1. The normalized spacial score (nSPS) is 15.6. The van der Waals surface area contributed by atoms with Crippen molar-refractivity contribution in [2.75, 3.05) is 26.2 Å². The van der Waals surface area contributed by atoms with Crippen LogP contribution < -0.4 is 5.32 Å². The van der Waals surface area contributed by atoms with Crippen LogP contribution in [0, 0.1) is 6.92 Å². The number of benzene rings is 2. The highest BCUT2D eigenvalue weighted by atomic mass is 35.5. The van der Waals surface area contributed by atoms with E-state index in [1.807, 2.05) is 37.3 Å². The van der Waals surface area contributed by atoms with Crippen molar-refractivity contribution >= 4 is 23.5 Å². The predicted molar refractivity (Wildman–Crippen MR) is 114 cm³/mol. The summed E-state index contributed by atoms with van der Waals surface area (Å²) in [7, 11) is 0. The van der Waals surface area contributed by atoms with Gasteiger partial charge in [-0.3, -0.25) is 9.59 Å². The summed E-state index contributed by atoms with van der Waals surface area (Å²) in [6.45, 7) is 2.71. The number of aryl methyl sites for hydroxylation is 1. The van der Waals surface area contributed by atoms with Crippen LogP contribution in [0.15, 0.2) is 48.5 Å². The third-order valence-corrected chi connectivity index (χ3v) is 5.73. The summed E-state index contributed by atoms with van der Waals surface area (Å²) in [5.74, 6) is -0.567. The van der Waals surface area contributed by atoms with Gasteiger partial charge in [0.05, 0.1) is 6.54 Å². The molecule has 160 valence electrons. The van der Waals surface area contributed by atoms with Crippen molar-refractivity contribution in [3.05, 3.63) is 70.2 Å². The van der Waals surface area contributed by atoms with Gasteiger partial charge in [-0.05, 0) is 30.2 Å². The molecule has 2 aromatic rings. The second kappa shape index (κ2) is 10.0. The maximum Gasteiger partial charge on any atom is 0.320 e. The Kier molecular flexibility index (Phi) is 7.45. The minimum atomic E-state index is -1.46. The SMILES string of the molecule is Cc1ccc(C(=O)N2CCC(F)(CNCC(=O)OCc3ccccc3)CC2)cc1Cl. The number of alkyl halides is 1. The van der Waals surface area contributed by atoms with Crippen molar-refractivity contribution < 1.29 is 18.7 Å². The Hall–Kier alpha value is -2.44. The van der Waals surface area contributed by atoms with Crippen LogP contribution in [-0.2, 0) is 16.1 Å². The number of ether oxygens (including phenoxy) is 1. The third-order valence-electron chi connectivity index (χ3n) is 5.32. The fraction of sp³-hybridized carbons (Fsp3) is 0.391. The van der Waals surface area contributed by atoms with Gasteiger partial charge in [-0.15, -0.1) is 0 Å². The zero-order valence-corrected chi connectivity index (χ0v) is 17.8. The van der Waals surface area contributed by atoms with Crippen LogP contribution in [0.1, 0.15) is 34.3 Å². The Morgan fingerprint density at radius 2 is 1.87 bits per heavy atom. The van der Waals surface area contributed by atoms with Crippen molar-refractivity contribution in [3.8, 4) is 0 Å². The van der Waals surface area contributed by atoms with Crippen molar-refractivity contribution in [3.63, 3.8) is 0 Å². The summed E-state index contributed by atoms with van der Waals surface area (Å²) in [6, 6.07) is 14.6. The zero-order chi connectivity index (χ0) is 21.6. The summed E-state index contributed by atoms with van der Waals surface area (Å²) in [5.41, 5.74) is 0.862. The first-order valence-electron chi connectivity index (χ1n) is 10.0. The van der Waals surface area contributed by atoms with Gasteiger partial charge in [-0.2, -0.15) is 0 Å². The van der Waals surface area contributed by atoms with Crippen molar-refractivity contribution in [1.82, 2.24) is 10.2 Å². The number of hydrogen-bond acceptors (Lipinski definition) is 4. The molecule has 1 N–H and O–H groups in total. The standard InChI is InChI=1S/C23H26ClFN2O3/c1-17-7-8-19(13-20(17)24)22(29)27-11-9-23(25,10-12-27)16-26-14-21(28)30-15-18-5-3-2-4-6-18/h2-8,13,26H,9-12,14-16H2,1H3. The molecule has 1 fully saturated rings. The molecule has 2 aromatic carbocycles. The highest BCUT2D eigenvalue weighted by Crippen LogP contribution is 2.27. The van der Waals surface area contributed by atoms with Crippen LogP contribution in [-0.4, -0.2) is 48.6 Å². The monoisotopic (exact) mass is 432 g/mol. The summed E-state index contributed by atoms with van der Waals surface area (Å²) < 4.78 is 20.2. The molecule has 1 amide bonds. The molecule has 0 bridgehead atoms. The average Bonchev–Trinajstić information content (AvgIpc) is 2.75. The molecule has 0 atom stereocenters. The number of nitrogens with zero attached hydrogens (tertiary/aromatic N) is 1. The number of carbonyl (C=O) groups excluding carboxylic acids is 2. The van der Waals surface area contributed by atoms with Gasteiger partial charge in [0.15, 0.2) is 0 Å².